The summed E-state index contributed by atoms with van der Waals surface area (Å²) in [5.41, 5.74) is 1.82. The molecule has 3 N–H and O–H groups in total. The lowest BCUT2D eigenvalue weighted by Crippen LogP contribution is -2.51. The lowest BCUT2D eigenvalue weighted by atomic mass is 10.1. The summed E-state index contributed by atoms with van der Waals surface area (Å²) >= 11 is 3.00. The summed E-state index contributed by atoms with van der Waals surface area (Å²) in [5.74, 6) is 1.33. The van der Waals surface area contributed by atoms with E-state index < -0.39 is 12.7 Å². The zero-order chi connectivity index (χ0) is 24.2. The molecular formula is C23H24FN7O2S2. The zero-order valence-corrected chi connectivity index (χ0v) is 20.6. The third-order valence-corrected chi connectivity index (χ3v) is 7.33. The third-order valence-electron chi connectivity index (χ3n) is 5.45. The quantitative estimate of drug-likeness (QED) is 0.300. The highest BCUT2D eigenvalue weighted by Gasteiger charge is 2.26. The van der Waals surface area contributed by atoms with Gasteiger partial charge in [-0.1, -0.05) is 6.07 Å². The molecule has 182 valence electrons. The monoisotopic (exact) mass is 513 g/mol. The van der Waals surface area contributed by atoms with E-state index in [4.69, 9.17) is 4.74 Å². The van der Waals surface area contributed by atoms with Crippen LogP contribution in [0, 0.1) is 0 Å². The van der Waals surface area contributed by atoms with Gasteiger partial charge in [-0.25, -0.2) is 24.1 Å². The molecule has 9 nitrogen and oxygen atoms in total. The van der Waals surface area contributed by atoms with Crippen molar-refractivity contribution in [2.45, 2.75) is 19.2 Å². The SMILES string of the molecule is CN1CC(Oc2ccc(CF)cc2NC(=O)Nc2ncc(CCNc3ncnc4ccsc34)s2)C1. The fourth-order valence-electron chi connectivity index (χ4n) is 3.71. The summed E-state index contributed by atoms with van der Waals surface area (Å²) in [6.45, 7) is 1.66. The van der Waals surface area contributed by atoms with Gasteiger partial charge in [0.15, 0.2) is 5.13 Å². The van der Waals surface area contributed by atoms with E-state index >= 15 is 0 Å². The number of benzene rings is 1. The highest BCUT2D eigenvalue weighted by Crippen LogP contribution is 2.29. The number of fused-ring (bicyclic) bond motifs is 1. The molecule has 0 radical (unpaired) electrons. The van der Waals surface area contributed by atoms with Crippen molar-refractivity contribution in [3.63, 3.8) is 0 Å². The van der Waals surface area contributed by atoms with E-state index in [-0.39, 0.29) is 6.10 Å². The number of likely N-dealkylation sites (tertiary alicyclic amines) is 1. The first-order valence-electron chi connectivity index (χ1n) is 11.1. The van der Waals surface area contributed by atoms with E-state index in [1.54, 1.807) is 42.1 Å². The number of halogens is 1. The highest BCUT2D eigenvalue weighted by atomic mass is 32.1. The fraction of sp³-hybridized carbons (Fsp3) is 0.304. The molecule has 0 spiro atoms. The molecule has 1 aromatic carbocycles. The Balaban J connectivity index is 1.16. The van der Waals surface area contributed by atoms with Gasteiger partial charge in [0.2, 0.25) is 0 Å². The van der Waals surface area contributed by atoms with Crippen LogP contribution in [0.15, 0.2) is 42.2 Å². The van der Waals surface area contributed by atoms with Gasteiger partial charge in [0.25, 0.3) is 0 Å². The Morgan fingerprint density at radius 2 is 2.11 bits per heavy atom. The molecule has 1 aliphatic heterocycles. The van der Waals surface area contributed by atoms with Crippen LogP contribution in [-0.4, -0.2) is 58.7 Å². The summed E-state index contributed by atoms with van der Waals surface area (Å²) in [4.78, 5) is 28.6. The van der Waals surface area contributed by atoms with Crippen molar-refractivity contribution in [2.24, 2.45) is 0 Å². The average Bonchev–Trinajstić information content (AvgIpc) is 3.49. The van der Waals surface area contributed by atoms with Gasteiger partial charge in [-0.2, -0.15) is 0 Å². The van der Waals surface area contributed by atoms with E-state index in [1.807, 2.05) is 18.5 Å². The van der Waals surface area contributed by atoms with Crippen molar-refractivity contribution in [1.82, 2.24) is 19.9 Å². The molecule has 0 atom stereocenters. The molecule has 3 aromatic heterocycles. The van der Waals surface area contributed by atoms with Crippen LogP contribution < -0.4 is 20.7 Å². The molecule has 4 heterocycles. The van der Waals surface area contributed by atoms with E-state index in [9.17, 15) is 9.18 Å². The molecule has 12 heteroatoms. The number of hydrogen-bond acceptors (Lipinski definition) is 9. The number of hydrogen-bond donors (Lipinski definition) is 3. The molecule has 0 aliphatic carbocycles. The van der Waals surface area contributed by atoms with Crippen molar-refractivity contribution in [3.8, 4) is 5.75 Å². The van der Waals surface area contributed by atoms with Crippen LogP contribution in [0.5, 0.6) is 5.75 Å². The first-order valence-corrected chi connectivity index (χ1v) is 12.8. The van der Waals surface area contributed by atoms with Crippen LogP contribution >= 0.6 is 22.7 Å². The van der Waals surface area contributed by atoms with Gasteiger partial charge in [-0.15, -0.1) is 22.7 Å². The third kappa shape index (κ3) is 5.66. The smallest absolute Gasteiger partial charge is 0.325 e. The maximum Gasteiger partial charge on any atom is 0.325 e. The standard InChI is InChI=1S/C23H24FN7O2S2/c1-31-11-15(12-31)33-19-3-2-14(9-24)8-18(19)29-22(32)30-23-26-10-16(35-23)4-6-25-21-20-17(5-7-34-20)27-13-28-21/h2-3,5,7-8,10,13,15H,4,6,9,11-12H2,1H3,(H,25,27,28)(H2,26,29,30,32). The van der Waals surface area contributed by atoms with Gasteiger partial charge in [0, 0.05) is 37.1 Å². The number of amides is 2. The van der Waals surface area contributed by atoms with Crippen molar-refractivity contribution in [1.29, 1.82) is 0 Å². The van der Waals surface area contributed by atoms with Gasteiger partial charge >= 0.3 is 6.03 Å². The number of aromatic nitrogens is 3. The molecule has 1 fully saturated rings. The Morgan fingerprint density at radius 3 is 2.94 bits per heavy atom. The number of likely N-dealkylation sites (N-methyl/N-ethyl adjacent to an activating group) is 1. The maximum absolute atomic E-state index is 13.2. The zero-order valence-electron chi connectivity index (χ0n) is 19.0. The number of ether oxygens (including phenoxy) is 1. The molecule has 1 aliphatic rings. The van der Waals surface area contributed by atoms with Gasteiger partial charge in [-0.3, -0.25) is 10.2 Å². The minimum absolute atomic E-state index is 0.0493. The largest absolute Gasteiger partial charge is 0.486 e. The Morgan fingerprint density at radius 1 is 1.23 bits per heavy atom. The van der Waals surface area contributed by atoms with Crippen LogP contribution in [0.1, 0.15) is 10.4 Å². The number of rotatable bonds is 9. The summed E-state index contributed by atoms with van der Waals surface area (Å²) in [5, 5.41) is 11.3. The Kier molecular flexibility index (Phi) is 7.02. The number of thiophene rings is 1. The van der Waals surface area contributed by atoms with Crippen molar-refractivity contribution < 1.29 is 13.9 Å². The normalized spacial score (nSPS) is 14.0. The van der Waals surface area contributed by atoms with Crippen LogP contribution in [-0.2, 0) is 13.1 Å². The van der Waals surface area contributed by atoms with Crippen molar-refractivity contribution in [3.05, 3.63) is 52.6 Å². The average molecular weight is 514 g/mol. The first-order chi connectivity index (χ1) is 17.1. The second kappa shape index (κ2) is 10.5. The summed E-state index contributed by atoms with van der Waals surface area (Å²) < 4.78 is 20.2. The number of thiazole rings is 1. The molecule has 4 aromatic rings. The molecule has 0 bridgehead atoms. The predicted octanol–water partition coefficient (Wildman–Crippen LogP) is 4.61. The summed E-state index contributed by atoms with van der Waals surface area (Å²) in [6, 6.07) is 6.45. The molecule has 35 heavy (non-hydrogen) atoms. The van der Waals surface area contributed by atoms with Gasteiger partial charge in [0.1, 0.15) is 30.7 Å². The molecule has 5 rings (SSSR count). The predicted molar refractivity (Wildman–Crippen MR) is 138 cm³/mol. The van der Waals surface area contributed by atoms with E-state index in [0.29, 0.717) is 28.7 Å². The van der Waals surface area contributed by atoms with Gasteiger partial charge in [0.05, 0.1) is 15.9 Å². The minimum atomic E-state index is -0.625. The van der Waals surface area contributed by atoms with E-state index in [2.05, 4.69) is 35.8 Å². The highest BCUT2D eigenvalue weighted by molar-refractivity contribution is 7.17. The number of urea groups is 1. The Bertz CT molecular complexity index is 1320. The van der Waals surface area contributed by atoms with E-state index in [0.717, 1.165) is 40.4 Å². The Hall–Kier alpha value is -3.35. The van der Waals surface area contributed by atoms with E-state index in [1.165, 1.54) is 11.3 Å². The van der Waals surface area contributed by atoms with Crippen LogP contribution in [0.25, 0.3) is 10.2 Å². The number of anilines is 3. The van der Waals surface area contributed by atoms with Gasteiger partial charge < -0.3 is 15.4 Å². The van der Waals surface area contributed by atoms with Gasteiger partial charge in [-0.05, 0) is 36.2 Å². The second-order valence-electron chi connectivity index (χ2n) is 8.17. The molecule has 0 saturated carbocycles. The molecular weight excluding hydrogens is 489 g/mol. The number of carbonyl (C=O) groups excluding carboxylic acids is 1. The van der Waals surface area contributed by atoms with Crippen molar-refractivity contribution >= 4 is 55.6 Å². The summed E-state index contributed by atoms with van der Waals surface area (Å²) in [7, 11) is 2.01. The fourth-order valence-corrected chi connectivity index (χ4v) is 5.32. The van der Waals surface area contributed by atoms with Crippen LogP contribution in [0.3, 0.4) is 0 Å². The molecule has 0 unspecified atom stereocenters. The molecule has 2 amide bonds. The van der Waals surface area contributed by atoms with Crippen molar-refractivity contribution in [2.75, 3.05) is 42.6 Å². The first kappa shape index (κ1) is 23.4. The lowest BCUT2D eigenvalue weighted by Gasteiger charge is -2.36. The maximum atomic E-state index is 13.2. The number of nitrogens with one attached hydrogen (secondary N) is 3. The lowest BCUT2D eigenvalue weighted by molar-refractivity contribution is 0.0393. The number of nitrogens with zero attached hydrogens (tertiary/aromatic N) is 4. The molecule has 1 saturated heterocycles. The second-order valence-corrected chi connectivity index (χ2v) is 10.2. The minimum Gasteiger partial charge on any atom is -0.486 e. The van der Waals surface area contributed by atoms with Crippen LogP contribution in [0.2, 0.25) is 0 Å². The number of carbonyl (C=O) groups is 1. The topological polar surface area (TPSA) is 104 Å². The number of alkyl halides is 1. The Labute approximate surface area is 209 Å². The summed E-state index contributed by atoms with van der Waals surface area (Å²) in [6.07, 6.45) is 4.07. The van der Waals surface area contributed by atoms with Crippen LogP contribution in [0.4, 0.5) is 25.8 Å².